The molecule has 1 aromatic rings. The van der Waals surface area contributed by atoms with Crippen molar-refractivity contribution >= 4 is 22.6 Å². The van der Waals surface area contributed by atoms with Gasteiger partial charge in [-0.25, -0.2) is 0 Å². The van der Waals surface area contributed by atoms with E-state index in [4.69, 9.17) is 4.84 Å². The molecule has 0 unspecified atom stereocenters. The Morgan fingerprint density at radius 3 is 2.62 bits per heavy atom. The third-order valence-corrected chi connectivity index (χ3v) is 4.11. The predicted octanol–water partition coefficient (Wildman–Crippen LogP) is 3.68. The summed E-state index contributed by atoms with van der Waals surface area (Å²) < 4.78 is -0.307. The maximum atomic E-state index is 12.4. The van der Waals surface area contributed by atoms with Crippen LogP contribution in [0.25, 0.3) is 0 Å². The van der Waals surface area contributed by atoms with Crippen LogP contribution in [0.3, 0.4) is 0 Å². The Hall–Kier alpha value is -1.75. The van der Waals surface area contributed by atoms with Crippen LogP contribution < -0.4 is 0 Å². The van der Waals surface area contributed by atoms with Crippen molar-refractivity contribution in [2.45, 2.75) is 31.9 Å². The van der Waals surface area contributed by atoms with Gasteiger partial charge >= 0.3 is 0 Å². The van der Waals surface area contributed by atoms with Crippen LogP contribution in [-0.2, 0) is 9.63 Å². The first-order valence-electron chi connectivity index (χ1n) is 6.86. The number of nitrogens with zero attached hydrogens (tertiary/aromatic N) is 1. The summed E-state index contributed by atoms with van der Waals surface area (Å²) in [4.78, 5) is 17.5. The normalized spacial score (nSPS) is 18.8. The molecule has 0 spiro atoms. The van der Waals surface area contributed by atoms with Crippen molar-refractivity contribution in [2.24, 2.45) is 5.16 Å². The highest BCUT2D eigenvalue weighted by atomic mass is 32.2. The molecule has 0 fully saturated rings. The van der Waals surface area contributed by atoms with Gasteiger partial charge in [-0.3, -0.25) is 4.79 Å². The number of thioether (sulfide) groups is 1. The van der Waals surface area contributed by atoms with E-state index in [2.05, 4.69) is 5.16 Å². The molecule has 0 aliphatic carbocycles. The van der Waals surface area contributed by atoms with Crippen LogP contribution >= 0.6 is 11.8 Å². The molecule has 1 N–H and O–H groups in total. The van der Waals surface area contributed by atoms with Crippen molar-refractivity contribution in [3.05, 3.63) is 47.2 Å². The summed E-state index contributed by atoms with van der Waals surface area (Å²) in [7, 11) is 0. The molecule has 0 radical (unpaired) electrons. The van der Waals surface area contributed by atoms with Gasteiger partial charge in [0, 0.05) is 16.7 Å². The fraction of sp³-hybridized carbons (Fsp3) is 0.375. The summed E-state index contributed by atoms with van der Waals surface area (Å²) in [5, 5.41) is 14.2. The molecule has 0 atom stereocenters. The molecular formula is C16H19NO3S. The topological polar surface area (TPSA) is 58.9 Å². The van der Waals surface area contributed by atoms with Gasteiger partial charge in [-0.1, -0.05) is 47.2 Å². The van der Waals surface area contributed by atoms with Gasteiger partial charge in [-0.05, 0) is 20.8 Å². The van der Waals surface area contributed by atoms with Gasteiger partial charge in [0.2, 0.25) is 5.12 Å². The Labute approximate surface area is 128 Å². The number of hydrogen-bond donors (Lipinski definition) is 1. The zero-order valence-corrected chi connectivity index (χ0v) is 13.2. The molecule has 1 heterocycles. The Morgan fingerprint density at radius 1 is 1.38 bits per heavy atom. The first-order valence-corrected chi connectivity index (χ1v) is 7.67. The number of benzene rings is 1. The molecular weight excluding hydrogens is 286 g/mol. The maximum Gasteiger partial charge on any atom is 0.225 e. The monoisotopic (exact) mass is 305 g/mol. The Morgan fingerprint density at radius 2 is 2.05 bits per heavy atom. The summed E-state index contributed by atoms with van der Waals surface area (Å²) in [6, 6.07) is 9.29. The summed E-state index contributed by atoms with van der Waals surface area (Å²) >= 11 is 1.22. The highest BCUT2D eigenvalue weighted by Gasteiger charge is 2.36. The van der Waals surface area contributed by atoms with E-state index < -0.39 is 0 Å². The molecule has 0 amide bonds. The average molecular weight is 305 g/mol. The van der Waals surface area contributed by atoms with Gasteiger partial charge < -0.3 is 9.94 Å². The van der Waals surface area contributed by atoms with Gasteiger partial charge in [-0.15, -0.1) is 0 Å². The molecule has 5 heteroatoms. The Balaban J connectivity index is 2.49. The van der Waals surface area contributed by atoms with Crippen molar-refractivity contribution in [1.29, 1.82) is 0 Å². The van der Waals surface area contributed by atoms with Crippen LogP contribution in [0, 0.1) is 0 Å². The van der Waals surface area contributed by atoms with E-state index in [-0.39, 0.29) is 21.2 Å². The number of aliphatic hydroxyl groups excluding tert-OH is 1. The molecule has 2 rings (SSSR count). The molecule has 0 saturated carbocycles. The van der Waals surface area contributed by atoms with Crippen LogP contribution in [0.1, 0.15) is 32.8 Å². The number of carbonyl (C=O) groups is 1. The molecule has 4 nitrogen and oxygen atoms in total. The fourth-order valence-electron chi connectivity index (χ4n) is 2.15. The van der Waals surface area contributed by atoms with Crippen LogP contribution in [0.15, 0.2) is 46.8 Å². The second kappa shape index (κ2) is 6.35. The van der Waals surface area contributed by atoms with Crippen LogP contribution in [0.2, 0.25) is 0 Å². The van der Waals surface area contributed by atoms with E-state index in [1.807, 2.05) is 51.1 Å². The van der Waals surface area contributed by atoms with Crippen LogP contribution in [-0.4, -0.2) is 27.3 Å². The van der Waals surface area contributed by atoms with E-state index in [0.29, 0.717) is 18.7 Å². The lowest BCUT2D eigenvalue weighted by Crippen LogP contribution is -2.29. The van der Waals surface area contributed by atoms with Crippen molar-refractivity contribution in [3.8, 4) is 0 Å². The molecule has 0 aromatic heterocycles. The zero-order valence-electron chi connectivity index (χ0n) is 12.4. The van der Waals surface area contributed by atoms with Gasteiger partial charge in [0.1, 0.15) is 18.1 Å². The van der Waals surface area contributed by atoms with Gasteiger partial charge in [0.05, 0.1) is 5.57 Å². The minimum atomic E-state index is -0.307. The number of hydrogen-bond acceptors (Lipinski definition) is 5. The van der Waals surface area contributed by atoms with E-state index in [1.165, 1.54) is 11.8 Å². The SMILES string of the molecule is CCON=C(C1=C(O)CC(C)(C)SC1=O)c1ccccc1. The summed E-state index contributed by atoms with van der Waals surface area (Å²) in [6.07, 6.45) is 0.427. The lowest BCUT2D eigenvalue weighted by molar-refractivity contribution is -0.107. The molecule has 21 heavy (non-hydrogen) atoms. The van der Waals surface area contributed by atoms with Crippen molar-refractivity contribution in [3.63, 3.8) is 0 Å². The van der Waals surface area contributed by atoms with Gasteiger partial charge in [0.15, 0.2) is 0 Å². The van der Waals surface area contributed by atoms with Gasteiger partial charge in [0.25, 0.3) is 0 Å². The van der Waals surface area contributed by atoms with E-state index in [9.17, 15) is 9.90 Å². The number of rotatable bonds is 4. The molecule has 1 aromatic carbocycles. The number of allylic oxidation sites excluding steroid dienone is 1. The molecule has 1 aliphatic heterocycles. The standard InChI is InChI=1S/C16H19NO3S/c1-4-20-17-14(11-8-6-5-7-9-11)13-12(18)10-16(2,3)21-15(13)19/h5-9,18H,4,10H2,1-3H3. The minimum absolute atomic E-state index is 0.0751. The van der Waals surface area contributed by atoms with Crippen molar-refractivity contribution < 1.29 is 14.7 Å². The molecule has 112 valence electrons. The minimum Gasteiger partial charge on any atom is -0.511 e. The average Bonchev–Trinajstić information content (AvgIpc) is 2.41. The lowest BCUT2D eigenvalue weighted by Gasteiger charge is -2.29. The zero-order chi connectivity index (χ0) is 15.5. The second-order valence-corrected chi connectivity index (χ2v) is 7.05. The first kappa shape index (κ1) is 15.6. The number of aliphatic hydroxyl groups is 1. The number of carbonyl (C=O) groups excluding carboxylic acids is 1. The van der Waals surface area contributed by atoms with Crippen molar-refractivity contribution in [2.75, 3.05) is 6.61 Å². The molecule has 0 saturated heterocycles. The first-order chi connectivity index (χ1) is 9.94. The molecule has 1 aliphatic rings. The highest BCUT2D eigenvalue weighted by molar-refractivity contribution is 8.15. The van der Waals surface area contributed by atoms with Gasteiger partial charge in [-0.2, -0.15) is 0 Å². The quantitative estimate of drug-likeness (QED) is 0.681. The Kier molecular flexibility index (Phi) is 4.73. The van der Waals surface area contributed by atoms with Crippen LogP contribution in [0.4, 0.5) is 0 Å². The largest absolute Gasteiger partial charge is 0.511 e. The summed E-state index contributed by atoms with van der Waals surface area (Å²) in [5.41, 5.74) is 1.39. The summed E-state index contributed by atoms with van der Waals surface area (Å²) in [6.45, 7) is 6.09. The molecule has 0 bridgehead atoms. The smallest absolute Gasteiger partial charge is 0.225 e. The maximum absolute atomic E-state index is 12.4. The van der Waals surface area contributed by atoms with E-state index >= 15 is 0 Å². The predicted molar refractivity (Wildman–Crippen MR) is 85.6 cm³/mol. The van der Waals surface area contributed by atoms with E-state index in [1.54, 1.807) is 0 Å². The van der Waals surface area contributed by atoms with Crippen LogP contribution in [0.5, 0.6) is 0 Å². The van der Waals surface area contributed by atoms with E-state index in [0.717, 1.165) is 5.56 Å². The fourth-order valence-corrected chi connectivity index (χ4v) is 3.18. The Bertz CT molecular complexity index is 591. The number of oxime groups is 1. The summed E-state index contributed by atoms with van der Waals surface area (Å²) in [5.74, 6) is 0.0751. The third kappa shape index (κ3) is 3.67. The van der Waals surface area contributed by atoms with Crippen molar-refractivity contribution in [1.82, 2.24) is 0 Å². The second-order valence-electron chi connectivity index (χ2n) is 5.37. The lowest BCUT2D eigenvalue weighted by atomic mass is 9.97. The third-order valence-electron chi connectivity index (χ3n) is 3.02. The highest BCUT2D eigenvalue weighted by Crippen LogP contribution is 2.40.